The predicted molar refractivity (Wildman–Crippen MR) is 143 cm³/mol. The van der Waals surface area contributed by atoms with Gasteiger partial charge in [-0.25, -0.2) is 0 Å². The van der Waals surface area contributed by atoms with Crippen LogP contribution in [0.3, 0.4) is 0 Å². The molecular formula is C31H34O8. The molecule has 0 spiro atoms. The first-order chi connectivity index (χ1) is 18.9. The molecule has 1 aliphatic rings. The van der Waals surface area contributed by atoms with E-state index in [-0.39, 0.29) is 6.61 Å². The highest BCUT2D eigenvalue weighted by Crippen LogP contribution is 2.41. The van der Waals surface area contributed by atoms with Crippen molar-refractivity contribution in [1.29, 1.82) is 0 Å². The predicted octanol–water partition coefficient (Wildman–Crippen LogP) is 4.24. The van der Waals surface area contributed by atoms with Crippen molar-refractivity contribution in [2.45, 2.75) is 50.2 Å². The Hall–Kier alpha value is -3.56. The van der Waals surface area contributed by atoms with Crippen molar-refractivity contribution in [3.05, 3.63) is 108 Å². The van der Waals surface area contributed by atoms with Crippen LogP contribution >= 0.6 is 0 Å². The molecule has 206 valence electrons. The van der Waals surface area contributed by atoms with Gasteiger partial charge in [-0.05, 0) is 16.7 Å². The normalized spacial score (nSPS) is 23.1. The van der Waals surface area contributed by atoms with Gasteiger partial charge >= 0.3 is 11.9 Å². The van der Waals surface area contributed by atoms with Gasteiger partial charge in [0.05, 0.1) is 6.61 Å². The standard InChI is InChI=1S/C31H34O8/c1-21(32)37-28-27(34-3)26(39-30(35-4)29(28)38-22(2)33)20-36-31(23-14-8-5-9-15-23,24-16-10-6-11-17-24)25-18-12-7-13-19-25/h5-19,26-30H,20H2,1-4H3/t26-,27-,28+,29-,30+/m1/s1. The van der Waals surface area contributed by atoms with Crippen molar-refractivity contribution in [2.24, 2.45) is 0 Å². The molecule has 1 saturated heterocycles. The van der Waals surface area contributed by atoms with E-state index < -0.39 is 48.2 Å². The third kappa shape index (κ3) is 6.20. The molecule has 0 N–H and O–H groups in total. The third-order valence-corrected chi connectivity index (χ3v) is 6.70. The van der Waals surface area contributed by atoms with E-state index in [2.05, 4.69) is 0 Å². The average molecular weight is 535 g/mol. The molecule has 0 amide bonds. The Bertz CT molecular complexity index is 1100. The molecule has 1 fully saturated rings. The lowest BCUT2D eigenvalue weighted by atomic mass is 9.80. The largest absolute Gasteiger partial charge is 0.455 e. The fraction of sp³-hybridized carbons (Fsp3) is 0.355. The highest BCUT2D eigenvalue weighted by molar-refractivity contribution is 5.67. The molecule has 4 rings (SSSR count). The molecule has 8 nitrogen and oxygen atoms in total. The highest BCUT2D eigenvalue weighted by Gasteiger charge is 2.51. The Morgan fingerprint density at radius 3 is 1.49 bits per heavy atom. The molecule has 0 radical (unpaired) electrons. The van der Waals surface area contributed by atoms with Crippen LogP contribution in [-0.4, -0.2) is 63.5 Å². The monoisotopic (exact) mass is 534 g/mol. The van der Waals surface area contributed by atoms with Gasteiger partial charge in [0.25, 0.3) is 0 Å². The van der Waals surface area contributed by atoms with Crippen LogP contribution in [0.1, 0.15) is 30.5 Å². The van der Waals surface area contributed by atoms with Gasteiger partial charge < -0.3 is 28.4 Å². The Kier molecular flexibility index (Phi) is 9.48. The number of carbonyl (C=O) groups excluding carboxylic acids is 2. The van der Waals surface area contributed by atoms with E-state index >= 15 is 0 Å². The molecule has 1 heterocycles. The Labute approximate surface area is 228 Å². The molecule has 8 heteroatoms. The van der Waals surface area contributed by atoms with E-state index in [1.165, 1.54) is 28.1 Å². The van der Waals surface area contributed by atoms with E-state index in [0.717, 1.165) is 16.7 Å². The Morgan fingerprint density at radius 2 is 1.10 bits per heavy atom. The number of hydrogen-bond donors (Lipinski definition) is 0. The fourth-order valence-electron chi connectivity index (χ4n) is 5.11. The second kappa shape index (κ2) is 13.0. The average Bonchev–Trinajstić information content (AvgIpc) is 2.95. The van der Waals surface area contributed by atoms with Gasteiger partial charge in [-0.15, -0.1) is 0 Å². The second-order valence-electron chi connectivity index (χ2n) is 9.22. The number of rotatable bonds is 10. The van der Waals surface area contributed by atoms with Crippen LogP contribution in [0.15, 0.2) is 91.0 Å². The summed E-state index contributed by atoms with van der Waals surface area (Å²) >= 11 is 0. The van der Waals surface area contributed by atoms with Crippen molar-refractivity contribution in [3.63, 3.8) is 0 Å². The molecule has 0 aromatic heterocycles. The number of ether oxygens (including phenoxy) is 6. The van der Waals surface area contributed by atoms with Crippen LogP contribution in [0.4, 0.5) is 0 Å². The molecule has 1 aliphatic heterocycles. The zero-order chi connectivity index (χ0) is 27.8. The van der Waals surface area contributed by atoms with Crippen molar-refractivity contribution in [3.8, 4) is 0 Å². The first-order valence-corrected chi connectivity index (χ1v) is 12.8. The van der Waals surface area contributed by atoms with Gasteiger partial charge in [-0.2, -0.15) is 0 Å². The van der Waals surface area contributed by atoms with Crippen LogP contribution in [0.25, 0.3) is 0 Å². The lowest BCUT2D eigenvalue weighted by molar-refractivity contribution is -0.307. The summed E-state index contributed by atoms with van der Waals surface area (Å²) in [4.78, 5) is 23.9. The SMILES string of the molecule is CO[C@H]1O[C@H](COC(c2ccccc2)(c2ccccc2)c2ccccc2)[C@@H](OC)[C@H](OC(C)=O)[C@H]1OC(C)=O. The Morgan fingerprint density at radius 1 is 0.667 bits per heavy atom. The van der Waals surface area contributed by atoms with Crippen LogP contribution in [0.2, 0.25) is 0 Å². The van der Waals surface area contributed by atoms with Gasteiger partial charge in [0, 0.05) is 28.1 Å². The number of methoxy groups -OCH3 is 2. The lowest BCUT2D eigenvalue weighted by Crippen LogP contribution is -2.62. The molecular weight excluding hydrogens is 500 g/mol. The molecule has 0 aliphatic carbocycles. The third-order valence-electron chi connectivity index (χ3n) is 6.70. The maximum Gasteiger partial charge on any atom is 0.303 e. The van der Waals surface area contributed by atoms with E-state index in [0.29, 0.717) is 0 Å². The number of esters is 2. The molecule has 39 heavy (non-hydrogen) atoms. The molecule has 0 unspecified atom stereocenters. The molecule has 0 saturated carbocycles. The maximum absolute atomic E-state index is 12.0. The van der Waals surface area contributed by atoms with Crippen molar-refractivity contribution < 1.29 is 38.0 Å². The Balaban J connectivity index is 1.77. The lowest BCUT2D eigenvalue weighted by Gasteiger charge is -2.45. The molecule has 5 atom stereocenters. The number of hydrogen-bond acceptors (Lipinski definition) is 8. The van der Waals surface area contributed by atoms with E-state index in [1.807, 2.05) is 91.0 Å². The topological polar surface area (TPSA) is 89.5 Å². The van der Waals surface area contributed by atoms with E-state index in [4.69, 9.17) is 28.4 Å². The number of carbonyl (C=O) groups is 2. The quantitative estimate of drug-likeness (QED) is 0.282. The number of benzene rings is 3. The van der Waals surface area contributed by atoms with E-state index in [9.17, 15) is 9.59 Å². The van der Waals surface area contributed by atoms with Gasteiger partial charge in [0.1, 0.15) is 17.8 Å². The summed E-state index contributed by atoms with van der Waals surface area (Å²) in [5.74, 6) is -1.12. The van der Waals surface area contributed by atoms with E-state index in [1.54, 1.807) is 0 Å². The zero-order valence-electron chi connectivity index (χ0n) is 22.5. The molecule has 3 aromatic rings. The first-order valence-electron chi connectivity index (χ1n) is 12.8. The summed E-state index contributed by atoms with van der Waals surface area (Å²) in [5.41, 5.74) is 1.76. The van der Waals surface area contributed by atoms with Gasteiger partial charge in [-0.3, -0.25) is 9.59 Å². The van der Waals surface area contributed by atoms with Gasteiger partial charge in [-0.1, -0.05) is 91.0 Å². The van der Waals surface area contributed by atoms with Crippen molar-refractivity contribution >= 4 is 11.9 Å². The zero-order valence-corrected chi connectivity index (χ0v) is 22.5. The minimum Gasteiger partial charge on any atom is -0.455 e. The summed E-state index contributed by atoms with van der Waals surface area (Å²) in [7, 11) is 2.91. The second-order valence-corrected chi connectivity index (χ2v) is 9.22. The molecule has 0 bridgehead atoms. The van der Waals surface area contributed by atoms with Crippen molar-refractivity contribution in [1.82, 2.24) is 0 Å². The maximum atomic E-state index is 12.0. The van der Waals surface area contributed by atoms with Crippen LogP contribution in [0.5, 0.6) is 0 Å². The summed E-state index contributed by atoms with van der Waals surface area (Å²) in [5, 5.41) is 0. The first kappa shape index (κ1) is 28.4. The van der Waals surface area contributed by atoms with Crippen LogP contribution in [0, 0.1) is 0 Å². The van der Waals surface area contributed by atoms with Gasteiger partial charge in [0.15, 0.2) is 18.5 Å². The minimum absolute atomic E-state index is 0.0294. The summed E-state index contributed by atoms with van der Waals surface area (Å²) < 4.78 is 35.5. The highest BCUT2D eigenvalue weighted by atomic mass is 16.7. The summed E-state index contributed by atoms with van der Waals surface area (Å²) in [6.45, 7) is 2.58. The van der Waals surface area contributed by atoms with Crippen LogP contribution in [-0.2, 0) is 43.6 Å². The fourth-order valence-corrected chi connectivity index (χ4v) is 5.11. The smallest absolute Gasteiger partial charge is 0.303 e. The summed E-state index contributed by atoms with van der Waals surface area (Å²) in [6, 6.07) is 29.8. The minimum atomic E-state index is -1.03. The van der Waals surface area contributed by atoms with Crippen LogP contribution < -0.4 is 0 Å². The summed E-state index contributed by atoms with van der Waals surface area (Å²) in [6.07, 6.45) is -4.59. The van der Waals surface area contributed by atoms with Gasteiger partial charge in [0.2, 0.25) is 0 Å². The van der Waals surface area contributed by atoms with Crippen molar-refractivity contribution in [2.75, 3.05) is 20.8 Å². The molecule has 3 aromatic carbocycles.